The molecule has 0 bridgehead atoms. The fraction of sp³-hybridized carbons (Fsp3) is 0.0380. The minimum absolute atomic E-state index is 0.105. The van der Waals surface area contributed by atoms with E-state index >= 15 is 0 Å². The molecule has 17 rings (SSSR count). The van der Waals surface area contributed by atoms with E-state index in [1.54, 1.807) is 0 Å². The maximum Gasteiger partial charge on any atom is 0.160 e. The second kappa shape index (κ2) is 18.6. The molecule has 0 spiro atoms. The molecule has 0 saturated carbocycles. The zero-order valence-electron chi connectivity index (χ0n) is 46.4. The number of aromatic nitrogens is 5. The maximum absolute atomic E-state index is 5.26. The zero-order valence-corrected chi connectivity index (χ0v) is 46.4. The van der Waals surface area contributed by atoms with Gasteiger partial charge in [0, 0.05) is 71.5 Å². The smallest absolute Gasteiger partial charge is 0.160 e. The van der Waals surface area contributed by atoms with Gasteiger partial charge in [0.2, 0.25) is 0 Å². The van der Waals surface area contributed by atoms with Crippen LogP contribution >= 0.6 is 0 Å². The summed E-state index contributed by atoms with van der Waals surface area (Å²) >= 11 is 0. The van der Waals surface area contributed by atoms with Crippen LogP contribution in [0.1, 0.15) is 25.0 Å². The van der Waals surface area contributed by atoms with E-state index in [2.05, 4.69) is 301 Å². The van der Waals surface area contributed by atoms with Crippen molar-refractivity contribution in [1.82, 2.24) is 23.7 Å². The number of rotatable bonds is 8. The first-order valence-electron chi connectivity index (χ1n) is 29.0. The number of hydrogen-bond donors (Lipinski definition) is 0. The van der Waals surface area contributed by atoms with E-state index in [9.17, 15) is 0 Å². The van der Waals surface area contributed by atoms with Crippen molar-refractivity contribution in [2.75, 3.05) is 0 Å². The Morgan fingerprint density at radius 1 is 0.250 bits per heavy atom. The molecule has 1 aliphatic carbocycles. The number of nitrogens with zero attached hydrogens (tertiary/aromatic N) is 5. The molecule has 1 aliphatic rings. The lowest BCUT2D eigenvalue weighted by atomic mass is 9.82. The van der Waals surface area contributed by atoms with Crippen molar-refractivity contribution >= 4 is 65.4 Å². The Kier molecular flexibility index (Phi) is 10.6. The van der Waals surface area contributed by atoms with E-state index in [1.165, 1.54) is 93.5 Å². The highest BCUT2D eigenvalue weighted by atomic mass is 15.0. The average Bonchev–Trinajstić information content (AvgIpc) is 3.74. The molecule has 0 radical (unpaired) electrons. The van der Waals surface area contributed by atoms with Crippen LogP contribution in [0, 0.1) is 0 Å². The van der Waals surface area contributed by atoms with Gasteiger partial charge in [0.25, 0.3) is 0 Å². The normalized spacial score (nSPS) is 12.7. The molecule has 0 N–H and O–H groups in total. The van der Waals surface area contributed by atoms with Gasteiger partial charge < -0.3 is 13.7 Å². The molecular formula is C79H53N5. The third-order valence-corrected chi connectivity index (χ3v) is 17.8. The van der Waals surface area contributed by atoms with Crippen LogP contribution in [0.15, 0.2) is 285 Å². The largest absolute Gasteiger partial charge is 0.309 e. The van der Waals surface area contributed by atoms with Gasteiger partial charge in [-0.05, 0) is 148 Å². The minimum Gasteiger partial charge on any atom is -0.309 e. The Bertz CT molecular complexity index is 5280. The molecule has 4 aromatic heterocycles. The molecule has 4 heterocycles. The fourth-order valence-electron chi connectivity index (χ4n) is 13.8. The van der Waals surface area contributed by atoms with Gasteiger partial charge in [0.1, 0.15) is 0 Å². The van der Waals surface area contributed by atoms with Gasteiger partial charge in [0.05, 0.1) is 44.5 Å². The lowest BCUT2D eigenvalue weighted by molar-refractivity contribution is 0.660. The first kappa shape index (κ1) is 47.9. The van der Waals surface area contributed by atoms with Crippen LogP contribution in [-0.4, -0.2) is 23.7 Å². The second-order valence-corrected chi connectivity index (χ2v) is 22.9. The molecular weight excluding hydrogens is 1020 g/mol. The van der Waals surface area contributed by atoms with Crippen molar-refractivity contribution in [3.8, 4) is 84.3 Å². The van der Waals surface area contributed by atoms with Crippen LogP contribution < -0.4 is 0 Å². The van der Waals surface area contributed by atoms with E-state index in [0.717, 1.165) is 61.6 Å². The lowest BCUT2D eigenvalue weighted by Gasteiger charge is -2.22. The number of para-hydroxylation sites is 3. The Hall–Kier alpha value is -10.9. The predicted octanol–water partition coefficient (Wildman–Crippen LogP) is 20.4. The molecule has 0 fully saturated rings. The molecule has 12 aromatic carbocycles. The lowest BCUT2D eigenvalue weighted by Crippen LogP contribution is -2.15. The van der Waals surface area contributed by atoms with Gasteiger partial charge in [-0.1, -0.05) is 196 Å². The number of fused-ring (bicyclic) bond motifs is 12. The highest BCUT2D eigenvalue weighted by molar-refractivity contribution is 6.15. The highest BCUT2D eigenvalue weighted by Gasteiger charge is 2.35. The monoisotopic (exact) mass is 1070 g/mol. The predicted molar refractivity (Wildman–Crippen MR) is 350 cm³/mol. The summed E-state index contributed by atoms with van der Waals surface area (Å²) in [4.78, 5) is 10.5. The molecule has 0 saturated heterocycles. The van der Waals surface area contributed by atoms with Gasteiger partial charge in [-0.2, -0.15) is 0 Å². The topological polar surface area (TPSA) is 40.6 Å². The van der Waals surface area contributed by atoms with Crippen LogP contribution in [0.4, 0.5) is 0 Å². The summed E-state index contributed by atoms with van der Waals surface area (Å²) < 4.78 is 7.27. The summed E-state index contributed by atoms with van der Waals surface area (Å²) in [6, 6.07) is 104. The molecule has 394 valence electrons. The standard InChI is InChI=1S/C79H53N5/c1-79(2)68-30-15-12-27-60(68)61-38-37-59(48-69(61)79)84-73-32-17-14-29-63(73)65-45-53(34-40-75(65)84)55-36-42-77-67(47-55)66-46-54(52-33-39-74-64(44-52)62-28-13-16-31-72(62)82(74)57-24-10-5-11-25-57)35-41-76(66)83(77)58-26-18-23-56(43-58)78-80-70(50-19-6-3-7-20-50)49-71(81-78)51-21-8-4-9-22-51/h3-49H,1-2H3. The third kappa shape index (κ3) is 7.42. The van der Waals surface area contributed by atoms with Gasteiger partial charge in [0.15, 0.2) is 5.82 Å². The molecule has 5 heteroatoms. The van der Waals surface area contributed by atoms with Gasteiger partial charge in [-0.15, -0.1) is 0 Å². The Morgan fingerprint density at radius 2 is 0.643 bits per heavy atom. The third-order valence-electron chi connectivity index (χ3n) is 17.8. The van der Waals surface area contributed by atoms with Gasteiger partial charge >= 0.3 is 0 Å². The Morgan fingerprint density at radius 3 is 1.18 bits per heavy atom. The molecule has 5 nitrogen and oxygen atoms in total. The van der Waals surface area contributed by atoms with E-state index in [1.807, 2.05) is 12.1 Å². The second-order valence-electron chi connectivity index (χ2n) is 22.9. The van der Waals surface area contributed by atoms with Crippen LogP contribution in [-0.2, 0) is 5.41 Å². The summed E-state index contributed by atoms with van der Waals surface area (Å²) in [7, 11) is 0. The summed E-state index contributed by atoms with van der Waals surface area (Å²) in [5, 5.41) is 7.27. The van der Waals surface area contributed by atoms with Crippen molar-refractivity contribution in [2.24, 2.45) is 0 Å². The van der Waals surface area contributed by atoms with Crippen molar-refractivity contribution in [3.05, 3.63) is 296 Å². The first-order chi connectivity index (χ1) is 41.4. The first-order valence-corrected chi connectivity index (χ1v) is 29.0. The molecule has 0 atom stereocenters. The van der Waals surface area contributed by atoms with Gasteiger partial charge in [-0.25, -0.2) is 9.97 Å². The molecule has 0 aliphatic heterocycles. The van der Waals surface area contributed by atoms with Crippen molar-refractivity contribution in [2.45, 2.75) is 19.3 Å². The molecule has 16 aromatic rings. The zero-order chi connectivity index (χ0) is 55.6. The van der Waals surface area contributed by atoms with Crippen LogP contribution in [0.5, 0.6) is 0 Å². The molecule has 84 heavy (non-hydrogen) atoms. The van der Waals surface area contributed by atoms with Crippen molar-refractivity contribution < 1.29 is 0 Å². The van der Waals surface area contributed by atoms with Crippen LogP contribution in [0.2, 0.25) is 0 Å². The Labute approximate surface area is 486 Å². The van der Waals surface area contributed by atoms with E-state index in [4.69, 9.17) is 9.97 Å². The Balaban J connectivity index is 0.838. The minimum atomic E-state index is -0.105. The van der Waals surface area contributed by atoms with Crippen LogP contribution in [0.3, 0.4) is 0 Å². The summed E-state index contributed by atoms with van der Waals surface area (Å²) in [6.45, 7) is 4.72. The quantitative estimate of drug-likeness (QED) is 0.152. The highest BCUT2D eigenvalue weighted by Crippen LogP contribution is 2.50. The van der Waals surface area contributed by atoms with E-state index in [0.29, 0.717) is 5.82 Å². The molecule has 0 amide bonds. The molecule has 0 unspecified atom stereocenters. The van der Waals surface area contributed by atoms with E-state index in [-0.39, 0.29) is 5.41 Å². The fourth-order valence-corrected chi connectivity index (χ4v) is 13.8. The number of benzene rings is 12. The summed E-state index contributed by atoms with van der Waals surface area (Å²) in [6.07, 6.45) is 0. The maximum atomic E-state index is 5.26. The van der Waals surface area contributed by atoms with Gasteiger partial charge in [-0.3, -0.25) is 0 Å². The SMILES string of the molecule is CC1(C)c2ccccc2-c2ccc(-n3c4ccccc4c4cc(-c5ccc6c(c5)c5cc(-c7ccc8c(c7)c7ccccc7n8-c7ccccc7)ccc5n6-c5cccc(-c6nc(-c7ccccc7)cc(-c7ccccc7)n6)c5)ccc43)cc21. The van der Waals surface area contributed by atoms with Crippen molar-refractivity contribution in [1.29, 1.82) is 0 Å². The van der Waals surface area contributed by atoms with E-state index < -0.39 is 0 Å². The van der Waals surface area contributed by atoms with Crippen LogP contribution in [0.25, 0.3) is 150 Å². The summed E-state index contributed by atoms with van der Waals surface area (Å²) in [5.41, 5.74) is 25.1. The van der Waals surface area contributed by atoms with Crippen molar-refractivity contribution in [3.63, 3.8) is 0 Å². The number of hydrogen-bond acceptors (Lipinski definition) is 2. The average molecular weight is 1070 g/mol. The summed E-state index contributed by atoms with van der Waals surface area (Å²) in [5.74, 6) is 0.675.